The molecule has 3 nitrogen and oxygen atoms in total. The first-order valence-electron chi connectivity index (χ1n) is 5.81. The molecule has 0 aliphatic carbocycles. The third kappa shape index (κ3) is 1.46. The van der Waals surface area contributed by atoms with Crippen LogP contribution in [0.15, 0.2) is 22.6 Å². The molecule has 3 rings (SSSR count). The first-order valence-corrected chi connectivity index (χ1v) is 5.81. The number of benzene rings is 1. The van der Waals surface area contributed by atoms with Crippen molar-refractivity contribution < 1.29 is 9.21 Å². The Hall–Kier alpha value is -1.77. The van der Waals surface area contributed by atoms with Gasteiger partial charge in [-0.2, -0.15) is 0 Å². The van der Waals surface area contributed by atoms with Crippen LogP contribution in [0, 0.1) is 0 Å². The minimum absolute atomic E-state index is 0.00635. The summed E-state index contributed by atoms with van der Waals surface area (Å²) in [5.74, 6) is 0.924. The van der Waals surface area contributed by atoms with Crippen LogP contribution >= 0.6 is 0 Å². The van der Waals surface area contributed by atoms with E-state index in [2.05, 4.69) is 26.1 Å². The van der Waals surface area contributed by atoms with Gasteiger partial charge in [0.1, 0.15) is 11.3 Å². The van der Waals surface area contributed by atoms with Gasteiger partial charge in [-0.05, 0) is 17.7 Å². The van der Waals surface area contributed by atoms with Crippen molar-refractivity contribution in [2.75, 3.05) is 0 Å². The van der Waals surface area contributed by atoms with Crippen LogP contribution < -0.4 is 5.32 Å². The third-order valence-electron chi connectivity index (χ3n) is 3.19. The van der Waals surface area contributed by atoms with E-state index in [9.17, 15) is 4.79 Å². The topological polar surface area (TPSA) is 42.2 Å². The maximum atomic E-state index is 11.8. The molecule has 88 valence electrons. The van der Waals surface area contributed by atoms with Crippen LogP contribution in [0.1, 0.15) is 42.5 Å². The molecule has 0 radical (unpaired) electrons. The van der Waals surface area contributed by atoms with Gasteiger partial charge in [-0.3, -0.25) is 4.79 Å². The smallest absolute Gasteiger partial charge is 0.252 e. The molecule has 1 N–H and O–H groups in total. The van der Waals surface area contributed by atoms with Crippen LogP contribution in [0.2, 0.25) is 0 Å². The summed E-state index contributed by atoms with van der Waals surface area (Å²) >= 11 is 0. The minimum Gasteiger partial charge on any atom is -0.460 e. The van der Waals surface area contributed by atoms with Crippen LogP contribution in [0.4, 0.5) is 0 Å². The SMILES string of the molecule is CC(C)(C)c1cc2c3c(ccc2o1)CNC3=O. The standard InChI is InChI=1S/C14H15NO2/c1-14(2,3)11-6-9-10(17-11)5-4-8-7-15-13(16)12(8)9/h4-6H,7H2,1-3H3,(H,15,16). The first-order chi connectivity index (χ1) is 7.97. The highest BCUT2D eigenvalue weighted by atomic mass is 16.3. The second-order valence-electron chi connectivity index (χ2n) is 5.55. The molecule has 1 amide bonds. The number of carbonyl (C=O) groups is 1. The van der Waals surface area contributed by atoms with Crippen LogP contribution in [-0.2, 0) is 12.0 Å². The zero-order chi connectivity index (χ0) is 12.2. The Morgan fingerprint density at radius 2 is 2.06 bits per heavy atom. The largest absolute Gasteiger partial charge is 0.460 e. The summed E-state index contributed by atoms with van der Waals surface area (Å²) < 4.78 is 5.83. The number of amides is 1. The van der Waals surface area contributed by atoms with Gasteiger partial charge in [0.15, 0.2) is 0 Å². The first kappa shape index (κ1) is 10.4. The molecular formula is C14H15NO2. The Labute approximate surface area is 99.8 Å². The monoisotopic (exact) mass is 229 g/mol. The number of hydrogen-bond donors (Lipinski definition) is 1. The maximum absolute atomic E-state index is 11.8. The molecule has 1 aromatic heterocycles. The highest BCUT2D eigenvalue weighted by molar-refractivity contribution is 6.09. The summed E-state index contributed by atoms with van der Waals surface area (Å²) in [4.78, 5) is 11.8. The molecule has 0 saturated heterocycles. The van der Waals surface area contributed by atoms with E-state index in [-0.39, 0.29) is 11.3 Å². The molecule has 0 atom stereocenters. The summed E-state index contributed by atoms with van der Waals surface area (Å²) in [5, 5.41) is 3.78. The Morgan fingerprint density at radius 1 is 1.29 bits per heavy atom. The summed E-state index contributed by atoms with van der Waals surface area (Å²) in [5.41, 5.74) is 2.59. The normalized spacial score (nSPS) is 15.1. The second kappa shape index (κ2) is 3.13. The summed E-state index contributed by atoms with van der Waals surface area (Å²) in [6, 6.07) is 5.91. The van der Waals surface area contributed by atoms with E-state index in [0.29, 0.717) is 6.54 Å². The molecule has 0 fully saturated rings. The number of hydrogen-bond acceptors (Lipinski definition) is 2. The van der Waals surface area contributed by atoms with Gasteiger partial charge in [-0.15, -0.1) is 0 Å². The summed E-state index contributed by atoms with van der Waals surface area (Å²) in [6.07, 6.45) is 0. The number of nitrogens with one attached hydrogen (secondary N) is 1. The van der Waals surface area contributed by atoms with Gasteiger partial charge in [-0.25, -0.2) is 0 Å². The molecule has 0 spiro atoms. The van der Waals surface area contributed by atoms with E-state index in [4.69, 9.17) is 4.42 Å². The van der Waals surface area contributed by atoms with Gasteiger partial charge in [0.2, 0.25) is 0 Å². The molecule has 17 heavy (non-hydrogen) atoms. The van der Waals surface area contributed by atoms with Gasteiger partial charge in [0.25, 0.3) is 5.91 Å². The molecule has 1 aliphatic heterocycles. The van der Waals surface area contributed by atoms with Crippen LogP contribution in [0.3, 0.4) is 0 Å². The molecule has 2 heterocycles. The zero-order valence-corrected chi connectivity index (χ0v) is 10.3. The predicted octanol–water partition coefficient (Wildman–Crippen LogP) is 2.97. The Bertz CT molecular complexity index is 617. The second-order valence-corrected chi connectivity index (χ2v) is 5.55. The van der Waals surface area contributed by atoms with Crippen LogP contribution in [0.5, 0.6) is 0 Å². The van der Waals surface area contributed by atoms with E-state index >= 15 is 0 Å². The van der Waals surface area contributed by atoms with Crippen molar-refractivity contribution in [3.63, 3.8) is 0 Å². The summed E-state index contributed by atoms with van der Waals surface area (Å²) in [6.45, 7) is 6.93. The van der Waals surface area contributed by atoms with E-state index in [1.807, 2.05) is 18.2 Å². The molecule has 0 unspecified atom stereocenters. The van der Waals surface area contributed by atoms with Crippen molar-refractivity contribution in [2.24, 2.45) is 0 Å². The molecule has 1 aliphatic rings. The molecule has 3 heteroatoms. The third-order valence-corrected chi connectivity index (χ3v) is 3.19. The lowest BCUT2D eigenvalue weighted by Crippen LogP contribution is -2.12. The van der Waals surface area contributed by atoms with Crippen LogP contribution in [0.25, 0.3) is 11.0 Å². The molecule has 1 aromatic carbocycles. The fourth-order valence-corrected chi connectivity index (χ4v) is 2.21. The lowest BCUT2D eigenvalue weighted by molar-refractivity contribution is 0.0967. The number of carbonyl (C=O) groups excluding carboxylic acids is 1. The lowest BCUT2D eigenvalue weighted by Gasteiger charge is -2.13. The van der Waals surface area contributed by atoms with Gasteiger partial charge >= 0.3 is 0 Å². The summed E-state index contributed by atoms with van der Waals surface area (Å²) in [7, 11) is 0. The van der Waals surface area contributed by atoms with Crippen molar-refractivity contribution in [1.82, 2.24) is 5.32 Å². The van der Waals surface area contributed by atoms with Crippen molar-refractivity contribution in [2.45, 2.75) is 32.7 Å². The van der Waals surface area contributed by atoms with Gasteiger partial charge in [-0.1, -0.05) is 26.8 Å². The van der Waals surface area contributed by atoms with E-state index in [0.717, 1.165) is 27.9 Å². The number of fused-ring (bicyclic) bond motifs is 3. The average Bonchev–Trinajstić information content (AvgIpc) is 2.80. The molecule has 0 bridgehead atoms. The Kier molecular flexibility index (Phi) is 1.91. The molecular weight excluding hydrogens is 214 g/mol. The highest BCUT2D eigenvalue weighted by Crippen LogP contribution is 2.33. The fraction of sp³-hybridized carbons (Fsp3) is 0.357. The van der Waals surface area contributed by atoms with Gasteiger partial charge in [0, 0.05) is 17.3 Å². The van der Waals surface area contributed by atoms with Crippen molar-refractivity contribution in [3.05, 3.63) is 35.1 Å². The number of rotatable bonds is 0. The number of furan rings is 1. The Balaban J connectivity index is 2.31. The van der Waals surface area contributed by atoms with E-state index < -0.39 is 0 Å². The van der Waals surface area contributed by atoms with Crippen molar-refractivity contribution in [3.8, 4) is 0 Å². The quantitative estimate of drug-likeness (QED) is 0.754. The van der Waals surface area contributed by atoms with Gasteiger partial charge in [0.05, 0.1) is 5.56 Å². The minimum atomic E-state index is -0.0407. The maximum Gasteiger partial charge on any atom is 0.252 e. The lowest BCUT2D eigenvalue weighted by atomic mass is 9.93. The highest BCUT2D eigenvalue weighted by Gasteiger charge is 2.26. The van der Waals surface area contributed by atoms with Crippen LogP contribution in [-0.4, -0.2) is 5.91 Å². The fourth-order valence-electron chi connectivity index (χ4n) is 2.21. The van der Waals surface area contributed by atoms with Crippen molar-refractivity contribution in [1.29, 1.82) is 0 Å². The molecule has 2 aromatic rings. The Morgan fingerprint density at radius 3 is 2.76 bits per heavy atom. The zero-order valence-electron chi connectivity index (χ0n) is 10.3. The van der Waals surface area contributed by atoms with Gasteiger partial charge < -0.3 is 9.73 Å². The van der Waals surface area contributed by atoms with E-state index in [1.54, 1.807) is 0 Å². The van der Waals surface area contributed by atoms with E-state index in [1.165, 1.54) is 0 Å². The average molecular weight is 229 g/mol. The van der Waals surface area contributed by atoms with Crippen molar-refractivity contribution >= 4 is 16.9 Å². The predicted molar refractivity (Wildman–Crippen MR) is 66.1 cm³/mol. The molecule has 0 saturated carbocycles.